The maximum Gasteiger partial charge on any atom is 0.355 e. The molecular weight excluding hydrogens is 180 g/mol. The number of fused-ring (bicyclic) bond motifs is 1. The molecule has 2 aromatic rings. The van der Waals surface area contributed by atoms with Crippen molar-refractivity contribution in [2.24, 2.45) is 0 Å². The average Bonchev–Trinajstić information content (AvgIpc) is 2.16. The summed E-state index contributed by atoms with van der Waals surface area (Å²) in [6, 6.07) is 7.07. The Morgan fingerprint density at radius 2 is 2.00 bits per heavy atom. The zero-order chi connectivity index (χ0) is 10.1. The van der Waals surface area contributed by atoms with Crippen molar-refractivity contribution in [2.75, 3.05) is 0 Å². The lowest BCUT2D eigenvalue weighted by molar-refractivity contribution is 0.0692. The molecule has 14 heavy (non-hydrogen) atoms. The Morgan fingerprint density at radius 3 is 2.71 bits per heavy atom. The first kappa shape index (κ1) is 8.62. The summed E-state index contributed by atoms with van der Waals surface area (Å²) in [4.78, 5) is 18.9. The monoisotopic (exact) mass is 188 g/mol. The van der Waals surface area contributed by atoms with Crippen LogP contribution in [0.1, 0.15) is 16.3 Å². The van der Waals surface area contributed by atoms with E-state index < -0.39 is 5.97 Å². The van der Waals surface area contributed by atoms with Gasteiger partial charge in [0.25, 0.3) is 0 Å². The molecule has 0 unspecified atom stereocenters. The Balaban J connectivity index is 2.87. The summed E-state index contributed by atoms with van der Waals surface area (Å²) in [6.45, 7) is 1.68. The zero-order valence-electron chi connectivity index (χ0n) is 7.56. The quantitative estimate of drug-likeness (QED) is 0.738. The molecule has 0 radical (unpaired) electrons. The minimum Gasteiger partial charge on any atom is -0.476 e. The van der Waals surface area contributed by atoms with E-state index in [1.165, 1.54) is 0 Å². The van der Waals surface area contributed by atoms with E-state index in [2.05, 4.69) is 9.97 Å². The molecule has 0 fully saturated rings. The van der Waals surface area contributed by atoms with Crippen LogP contribution < -0.4 is 0 Å². The average molecular weight is 188 g/mol. The van der Waals surface area contributed by atoms with Crippen molar-refractivity contribution in [2.45, 2.75) is 6.92 Å². The zero-order valence-corrected chi connectivity index (χ0v) is 7.56. The second-order valence-electron chi connectivity index (χ2n) is 2.94. The maximum atomic E-state index is 10.9. The van der Waals surface area contributed by atoms with Gasteiger partial charge in [0.05, 0.1) is 5.52 Å². The predicted octanol–water partition coefficient (Wildman–Crippen LogP) is 1.64. The molecule has 0 saturated heterocycles. The number of aromatic nitrogens is 2. The van der Waals surface area contributed by atoms with Crippen molar-refractivity contribution in [3.05, 3.63) is 35.8 Å². The highest BCUT2D eigenvalue weighted by Gasteiger charge is 2.11. The number of nitrogens with zero attached hydrogens (tertiary/aromatic N) is 2. The predicted molar refractivity (Wildman–Crippen MR) is 51.2 cm³/mol. The molecule has 1 aromatic heterocycles. The van der Waals surface area contributed by atoms with Crippen LogP contribution in [0.25, 0.3) is 10.9 Å². The van der Waals surface area contributed by atoms with Gasteiger partial charge in [-0.15, -0.1) is 0 Å². The van der Waals surface area contributed by atoms with E-state index in [4.69, 9.17) is 5.11 Å². The SMILES string of the molecule is Cc1nc(C(=O)O)c2ccccc2n1. The Kier molecular flexibility index (Phi) is 1.89. The second-order valence-corrected chi connectivity index (χ2v) is 2.94. The summed E-state index contributed by atoms with van der Waals surface area (Å²) in [6.07, 6.45) is 0. The molecule has 1 heterocycles. The molecule has 0 aliphatic rings. The molecule has 0 aliphatic heterocycles. The number of hydrogen-bond donors (Lipinski definition) is 1. The van der Waals surface area contributed by atoms with Gasteiger partial charge in [-0.1, -0.05) is 18.2 Å². The van der Waals surface area contributed by atoms with E-state index in [9.17, 15) is 4.79 Å². The van der Waals surface area contributed by atoms with Gasteiger partial charge in [0.15, 0.2) is 5.69 Å². The van der Waals surface area contributed by atoms with Crippen molar-refractivity contribution in [1.29, 1.82) is 0 Å². The van der Waals surface area contributed by atoms with Crippen LogP contribution in [0, 0.1) is 6.92 Å². The number of benzene rings is 1. The summed E-state index contributed by atoms with van der Waals surface area (Å²) >= 11 is 0. The van der Waals surface area contributed by atoms with E-state index in [1.807, 2.05) is 6.07 Å². The van der Waals surface area contributed by atoms with E-state index >= 15 is 0 Å². The van der Waals surface area contributed by atoms with Gasteiger partial charge in [0.2, 0.25) is 0 Å². The fourth-order valence-electron chi connectivity index (χ4n) is 1.36. The second kappa shape index (κ2) is 3.06. The van der Waals surface area contributed by atoms with Gasteiger partial charge in [-0.05, 0) is 13.0 Å². The highest BCUT2D eigenvalue weighted by atomic mass is 16.4. The van der Waals surface area contributed by atoms with Crippen molar-refractivity contribution in [1.82, 2.24) is 9.97 Å². The smallest absolute Gasteiger partial charge is 0.355 e. The fraction of sp³-hybridized carbons (Fsp3) is 0.100. The van der Waals surface area contributed by atoms with E-state index in [-0.39, 0.29) is 5.69 Å². The lowest BCUT2D eigenvalue weighted by Gasteiger charge is -2.01. The topological polar surface area (TPSA) is 63.1 Å². The molecule has 4 nitrogen and oxygen atoms in total. The van der Waals surface area contributed by atoms with Gasteiger partial charge < -0.3 is 5.11 Å². The Morgan fingerprint density at radius 1 is 1.29 bits per heavy atom. The normalized spacial score (nSPS) is 10.4. The van der Waals surface area contributed by atoms with Crippen molar-refractivity contribution in [3.8, 4) is 0 Å². The standard InChI is InChI=1S/C10H8N2O2/c1-6-11-8-5-3-2-4-7(8)9(12-6)10(13)14/h2-5H,1H3,(H,13,14). The summed E-state index contributed by atoms with van der Waals surface area (Å²) in [5.41, 5.74) is 0.727. The van der Waals surface area contributed by atoms with Crippen LogP contribution in [0.4, 0.5) is 0 Å². The van der Waals surface area contributed by atoms with Gasteiger partial charge in [0.1, 0.15) is 5.82 Å². The van der Waals surface area contributed by atoms with Crippen molar-refractivity contribution >= 4 is 16.9 Å². The van der Waals surface area contributed by atoms with Gasteiger partial charge in [-0.25, -0.2) is 14.8 Å². The third-order valence-electron chi connectivity index (χ3n) is 1.92. The summed E-state index contributed by atoms with van der Waals surface area (Å²) < 4.78 is 0. The molecule has 0 spiro atoms. The van der Waals surface area contributed by atoms with Crippen LogP contribution in [-0.2, 0) is 0 Å². The number of aromatic carboxylic acids is 1. The van der Waals surface area contributed by atoms with Crippen LogP contribution in [0.5, 0.6) is 0 Å². The Bertz CT molecular complexity index is 508. The maximum absolute atomic E-state index is 10.9. The summed E-state index contributed by atoms with van der Waals surface area (Å²) in [7, 11) is 0. The van der Waals surface area contributed by atoms with Crippen LogP contribution in [0.15, 0.2) is 24.3 Å². The molecule has 1 aromatic carbocycles. The molecule has 2 rings (SSSR count). The lowest BCUT2D eigenvalue weighted by atomic mass is 10.2. The van der Waals surface area contributed by atoms with Gasteiger partial charge in [-0.2, -0.15) is 0 Å². The Hall–Kier alpha value is -1.97. The van der Waals surface area contributed by atoms with Crippen molar-refractivity contribution < 1.29 is 9.90 Å². The van der Waals surface area contributed by atoms with Gasteiger partial charge in [-0.3, -0.25) is 0 Å². The molecule has 0 amide bonds. The summed E-state index contributed by atoms with van der Waals surface area (Å²) in [5.74, 6) is -0.548. The molecule has 0 bridgehead atoms. The molecular formula is C10H8N2O2. The number of hydrogen-bond acceptors (Lipinski definition) is 3. The molecule has 0 aliphatic carbocycles. The first-order chi connectivity index (χ1) is 6.68. The number of carbonyl (C=O) groups is 1. The largest absolute Gasteiger partial charge is 0.476 e. The highest BCUT2D eigenvalue weighted by molar-refractivity contribution is 6.00. The number of carboxylic acid groups (broad SMARTS) is 1. The van der Waals surface area contributed by atoms with Gasteiger partial charge in [0, 0.05) is 5.39 Å². The number of carboxylic acids is 1. The third kappa shape index (κ3) is 1.31. The van der Waals surface area contributed by atoms with E-state index in [1.54, 1.807) is 25.1 Å². The molecule has 0 saturated carbocycles. The number of aryl methyl sites for hydroxylation is 1. The molecule has 1 N–H and O–H groups in total. The first-order valence-electron chi connectivity index (χ1n) is 4.15. The van der Waals surface area contributed by atoms with Crippen LogP contribution in [0.3, 0.4) is 0 Å². The minimum absolute atomic E-state index is 0.0631. The number of para-hydroxylation sites is 1. The lowest BCUT2D eigenvalue weighted by Crippen LogP contribution is -2.04. The summed E-state index contributed by atoms with van der Waals surface area (Å²) in [5, 5.41) is 9.49. The molecule has 4 heteroatoms. The molecule has 70 valence electrons. The Labute approximate surface area is 80.2 Å². The van der Waals surface area contributed by atoms with Crippen LogP contribution >= 0.6 is 0 Å². The van der Waals surface area contributed by atoms with Crippen LogP contribution in [-0.4, -0.2) is 21.0 Å². The van der Waals surface area contributed by atoms with E-state index in [0.29, 0.717) is 16.7 Å². The minimum atomic E-state index is -1.02. The van der Waals surface area contributed by atoms with Crippen molar-refractivity contribution in [3.63, 3.8) is 0 Å². The molecule has 0 atom stereocenters. The third-order valence-corrected chi connectivity index (χ3v) is 1.92. The number of rotatable bonds is 1. The fourth-order valence-corrected chi connectivity index (χ4v) is 1.36. The highest BCUT2D eigenvalue weighted by Crippen LogP contribution is 2.14. The van der Waals surface area contributed by atoms with Gasteiger partial charge >= 0.3 is 5.97 Å². The first-order valence-corrected chi connectivity index (χ1v) is 4.15. The van der Waals surface area contributed by atoms with Crippen LogP contribution in [0.2, 0.25) is 0 Å². The van der Waals surface area contributed by atoms with E-state index in [0.717, 1.165) is 0 Å².